The van der Waals surface area contributed by atoms with Gasteiger partial charge in [-0.1, -0.05) is 37.3 Å². The summed E-state index contributed by atoms with van der Waals surface area (Å²) in [5.74, 6) is -1.40. The third kappa shape index (κ3) is 5.09. The Hall–Kier alpha value is -2.29. The Balaban J connectivity index is 2.08. The normalized spacial score (nSPS) is 12.6. The Morgan fingerprint density at radius 3 is 2.48 bits per heavy atom. The van der Waals surface area contributed by atoms with Crippen LogP contribution < -0.4 is 15.8 Å². The molecule has 25 heavy (non-hydrogen) atoms. The third-order valence-electron chi connectivity index (χ3n) is 3.48. The predicted molar refractivity (Wildman–Crippen MR) is 94.0 cm³/mol. The van der Waals surface area contributed by atoms with E-state index < -0.39 is 27.8 Å². The van der Waals surface area contributed by atoms with Gasteiger partial charge in [-0.05, 0) is 30.2 Å². The molecule has 6 nitrogen and oxygen atoms in total. The zero-order valence-corrected chi connectivity index (χ0v) is 14.5. The van der Waals surface area contributed by atoms with Crippen molar-refractivity contribution in [2.24, 2.45) is 5.73 Å². The fraction of sp³-hybridized carbons (Fsp3) is 0.235. The van der Waals surface area contributed by atoms with Gasteiger partial charge in [-0.25, -0.2) is 17.5 Å². The van der Waals surface area contributed by atoms with Gasteiger partial charge in [0.25, 0.3) is 0 Å². The lowest BCUT2D eigenvalue weighted by Crippen LogP contribution is -2.37. The number of benzene rings is 2. The summed E-state index contributed by atoms with van der Waals surface area (Å²) in [6, 6.07) is 11.6. The number of carbonyl (C=O) groups is 1. The Kier molecular flexibility index (Phi) is 6.24. The topological polar surface area (TPSA) is 101 Å². The molecule has 0 radical (unpaired) electrons. The monoisotopic (exact) mass is 365 g/mol. The second-order valence-corrected chi connectivity index (χ2v) is 7.20. The summed E-state index contributed by atoms with van der Waals surface area (Å²) < 4.78 is 40.1. The molecule has 0 aliphatic rings. The van der Waals surface area contributed by atoms with Gasteiger partial charge in [0.1, 0.15) is 5.82 Å². The van der Waals surface area contributed by atoms with Crippen molar-refractivity contribution >= 4 is 21.6 Å². The maximum absolute atomic E-state index is 14.1. The number of nitrogens with one attached hydrogen (secondary N) is 2. The average molecular weight is 365 g/mol. The number of nitrogens with two attached hydrogens (primary N) is 1. The van der Waals surface area contributed by atoms with Gasteiger partial charge in [0.2, 0.25) is 15.9 Å². The standard InChI is InChI=1S/C17H20FN3O3S/c1-2-20-25(23,24)13-8-9-16(14(18)11-13)21-17(22)15(19)10-12-6-4-3-5-7-12/h3-9,11,15,20H,2,10,19H2,1H3,(H,21,22). The molecule has 0 spiro atoms. The van der Waals surface area contributed by atoms with Crippen LogP contribution in [0.3, 0.4) is 0 Å². The first kappa shape index (κ1) is 19.0. The highest BCUT2D eigenvalue weighted by Crippen LogP contribution is 2.19. The van der Waals surface area contributed by atoms with Crippen LogP contribution in [0, 0.1) is 5.82 Å². The van der Waals surface area contributed by atoms with E-state index in [0.717, 1.165) is 11.6 Å². The molecule has 0 saturated heterocycles. The van der Waals surface area contributed by atoms with Crippen molar-refractivity contribution < 1.29 is 17.6 Å². The van der Waals surface area contributed by atoms with Crippen molar-refractivity contribution in [2.45, 2.75) is 24.3 Å². The van der Waals surface area contributed by atoms with Crippen LogP contribution >= 0.6 is 0 Å². The smallest absolute Gasteiger partial charge is 0.241 e. The molecule has 0 fully saturated rings. The second-order valence-electron chi connectivity index (χ2n) is 5.43. The van der Waals surface area contributed by atoms with E-state index in [9.17, 15) is 17.6 Å². The van der Waals surface area contributed by atoms with E-state index in [4.69, 9.17) is 5.73 Å². The summed E-state index contributed by atoms with van der Waals surface area (Å²) >= 11 is 0. The van der Waals surface area contributed by atoms with E-state index in [1.807, 2.05) is 30.3 Å². The number of anilines is 1. The fourth-order valence-corrected chi connectivity index (χ4v) is 3.28. The molecular formula is C17H20FN3O3S. The minimum Gasteiger partial charge on any atom is -0.322 e. The molecule has 8 heteroatoms. The number of halogens is 1. The molecule has 1 amide bonds. The van der Waals surface area contributed by atoms with E-state index in [0.29, 0.717) is 6.42 Å². The van der Waals surface area contributed by atoms with Crippen LogP contribution in [0.15, 0.2) is 53.4 Å². The number of amides is 1. The lowest BCUT2D eigenvalue weighted by molar-refractivity contribution is -0.117. The van der Waals surface area contributed by atoms with Crippen LogP contribution in [0.4, 0.5) is 10.1 Å². The molecule has 2 aromatic rings. The van der Waals surface area contributed by atoms with Gasteiger partial charge in [0, 0.05) is 6.54 Å². The van der Waals surface area contributed by atoms with Crippen LogP contribution in [-0.2, 0) is 21.2 Å². The van der Waals surface area contributed by atoms with Crippen molar-refractivity contribution in [1.82, 2.24) is 4.72 Å². The zero-order chi connectivity index (χ0) is 18.4. The highest BCUT2D eigenvalue weighted by atomic mass is 32.2. The molecule has 1 unspecified atom stereocenters. The summed E-state index contributed by atoms with van der Waals surface area (Å²) in [5.41, 5.74) is 6.61. The van der Waals surface area contributed by atoms with Crippen LogP contribution in [0.25, 0.3) is 0 Å². The van der Waals surface area contributed by atoms with Crippen LogP contribution in [0.1, 0.15) is 12.5 Å². The lowest BCUT2D eigenvalue weighted by Gasteiger charge is -2.13. The van der Waals surface area contributed by atoms with Gasteiger partial charge in [-0.15, -0.1) is 0 Å². The first-order chi connectivity index (χ1) is 11.8. The maximum atomic E-state index is 14.1. The average Bonchev–Trinajstić information content (AvgIpc) is 2.57. The molecule has 134 valence electrons. The molecule has 1 atom stereocenters. The quantitative estimate of drug-likeness (QED) is 0.694. The van der Waals surface area contributed by atoms with Crippen molar-refractivity contribution in [2.75, 3.05) is 11.9 Å². The molecule has 2 rings (SSSR count). The SMILES string of the molecule is CCNS(=O)(=O)c1ccc(NC(=O)C(N)Cc2ccccc2)c(F)c1. The Labute approximate surface area is 146 Å². The number of carbonyl (C=O) groups excluding carboxylic acids is 1. The van der Waals surface area contributed by atoms with Crippen molar-refractivity contribution in [3.63, 3.8) is 0 Å². The van der Waals surface area contributed by atoms with E-state index in [2.05, 4.69) is 10.0 Å². The minimum atomic E-state index is -3.76. The molecule has 0 aromatic heterocycles. The van der Waals surface area contributed by atoms with Gasteiger partial charge >= 0.3 is 0 Å². The minimum absolute atomic E-state index is 0.121. The predicted octanol–water partition coefficient (Wildman–Crippen LogP) is 1.63. The van der Waals surface area contributed by atoms with Crippen molar-refractivity contribution in [3.8, 4) is 0 Å². The third-order valence-corrected chi connectivity index (χ3v) is 5.02. The number of sulfonamides is 1. The number of hydrogen-bond acceptors (Lipinski definition) is 4. The van der Waals surface area contributed by atoms with Gasteiger partial charge in [-0.2, -0.15) is 0 Å². The first-order valence-electron chi connectivity index (χ1n) is 7.73. The second kappa shape index (κ2) is 8.19. The highest BCUT2D eigenvalue weighted by molar-refractivity contribution is 7.89. The van der Waals surface area contributed by atoms with Crippen molar-refractivity contribution in [1.29, 1.82) is 0 Å². The van der Waals surface area contributed by atoms with E-state index in [-0.39, 0.29) is 17.1 Å². The fourth-order valence-electron chi connectivity index (χ4n) is 2.22. The number of rotatable bonds is 7. The summed E-state index contributed by atoms with van der Waals surface area (Å²) in [6.45, 7) is 1.81. The Morgan fingerprint density at radius 2 is 1.88 bits per heavy atom. The van der Waals surface area contributed by atoms with Gasteiger partial charge in [-0.3, -0.25) is 4.79 Å². The maximum Gasteiger partial charge on any atom is 0.241 e. The molecular weight excluding hydrogens is 345 g/mol. The molecule has 0 heterocycles. The van der Waals surface area contributed by atoms with E-state index >= 15 is 0 Å². The lowest BCUT2D eigenvalue weighted by atomic mass is 10.1. The largest absolute Gasteiger partial charge is 0.322 e. The van der Waals surface area contributed by atoms with Crippen molar-refractivity contribution in [3.05, 3.63) is 59.9 Å². The molecule has 0 saturated carbocycles. The first-order valence-corrected chi connectivity index (χ1v) is 9.21. The van der Waals surface area contributed by atoms with E-state index in [1.165, 1.54) is 12.1 Å². The molecule has 0 aliphatic carbocycles. The van der Waals surface area contributed by atoms with Gasteiger partial charge < -0.3 is 11.1 Å². The number of hydrogen-bond donors (Lipinski definition) is 3. The van der Waals surface area contributed by atoms with Gasteiger partial charge in [0.05, 0.1) is 16.6 Å². The molecule has 0 aliphatic heterocycles. The van der Waals surface area contributed by atoms with E-state index in [1.54, 1.807) is 6.92 Å². The van der Waals surface area contributed by atoms with Crippen LogP contribution in [0.5, 0.6) is 0 Å². The molecule has 4 N–H and O–H groups in total. The molecule has 0 bridgehead atoms. The summed E-state index contributed by atoms with van der Waals surface area (Å²) in [4.78, 5) is 11.9. The summed E-state index contributed by atoms with van der Waals surface area (Å²) in [5, 5.41) is 2.39. The highest BCUT2D eigenvalue weighted by Gasteiger charge is 2.18. The Morgan fingerprint density at radius 1 is 1.20 bits per heavy atom. The summed E-state index contributed by atoms with van der Waals surface area (Å²) in [6.07, 6.45) is 0.307. The van der Waals surface area contributed by atoms with Crippen LogP contribution in [0.2, 0.25) is 0 Å². The zero-order valence-electron chi connectivity index (χ0n) is 13.7. The van der Waals surface area contributed by atoms with Gasteiger partial charge in [0.15, 0.2) is 0 Å². The van der Waals surface area contributed by atoms with Crippen LogP contribution in [-0.4, -0.2) is 26.9 Å². The summed E-state index contributed by atoms with van der Waals surface area (Å²) in [7, 11) is -3.76. The molecule has 2 aromatic carbocycles. The Bertz CT molecular complexity index is 841.